The highest BCUT2D eigenvalue weighted by Gasteiger charge is 2.20. The SMILES string of the molecule is CC(=O)N1CCN(c2cc(Nc3ccccn3)nc(C)n2)CC1. The predicted molar refractivity (Wildman–Crippen MR) is 88.8 cm³/mol. The van der Waals surface area contributed by atoms with Crippen molar-refractivity contribution >= 4 is 23.4 Å². The number of aromatic nitrogens is 3. The van der Waals surface area contributed by atoms with Gasteiger partial charge in [-0.2, -0.15) is 0 Å². The van der Waals surface area contributed by atoms with Gasteiger partial charge in [0.1, 0.15) is 23.3 Å². The summed E-state index contributed by atoms with van der Waals surface area (Å²) in [5.74, 6) is 3.17. The maximum Gasteiger partial charge on any atom is 0.219 e. The third-order valence-corrected chi connectivity index (χ3v) is 3.79. The van der Waals surface area contributed by atoms with Crippen LogP contribution in [0, 0.1) is 6.92 Å². The number of hydrogen-bond donors (Lipinski definition) is 1. The first-order valence-corrected chi connectivity index (χ1v) is 7.66. The number of nitrogens with zero attached hydrogens (tertiary/aromatic N) is 5. The lowest BCUT2D eigenvalue weighted by Gasteiger charge is -2.35. The Morgan fingerprint density at radius 1 is 1.13 bits per heavy atom. The second-order valence-corrected chi connectivity index (χ2v) is 5.49. The van der Waals surface area contributed by atoms with E-state index in [4.69, 9.17) is 0 Å². The van der Waals surface area contributed by atoms with E-state index in [0.29, 0.717) is 5.82 Å². The molecule has 0 saturated carbocycles. The third kappa shape index (κ3) is 3.74. The van der Waals surface area contributed by atoms with Crippen molar-refractivity contribution in [2.45, 2.75) is 13.8 Å². The highest BCUT2D eigenvalue weighted by atomic mass is 16.2. The number of aryl methyl sites for hydroxylation is 1. The summed E-state index contributed by atoms with van der Waals surface area (Å²) in [6.07, 6.45) is 1.73. The molecule has 2 aromatic rings. The molecule has 1 amide bonds. The number of amides is 1. The Hall–Kier alpha value is -2.70. The Kier molecular flexibility index (Phi) is 4.36. The van der Waals surface area contributed by atoms with Gasteiger partial charge >= 0.3 is 0 Å². The molecule has 1 fully saturated rings. The van der Waals surface area contributed by atoms with Crippen LogP contribution in [-0.2, 0) is 4.79 Å². The van der Waals surface area contributed by atoms with Crippen LogP contribution in [0.25, 0.3) is 0 Å². The third-order valence-electron chi connectivity index (χ3n) is 3.79. The van der Waals surface area contributed by atoms with Crippen LogP contribution in [0.15, 0.2) is 30.5 Å². The van der Waals surface area contributed by atoms with Crippen LogP contribution in [0.1, 0.15) is 12.7 Å². The molecule has 1 aliphatic heterocycles. The molecule has 0 radical (unpaired) electrons. The molecular weight excluding hydrogens is 292 g/mol. The maximum absolute atomic E-state index is 11.4. The minimum atomic E-state index is 0.126. The number of rotatable bonds is 3. The van der Waals surface area contributed by atoms with Crippen molar-refractivity contribution in [3.63, 3.8) is 0 Å². The van der Waals surface area contributed by atoms with Crippen LogP contribution in [0.5, 0.6) is 0 Å². The fraction of sp³-hybridized carbons (Fsp3) is 0.375. The highest BCUT2D eigenvalue weighted by molar-refractivity contribution is 5.73. The molecule has 1 N–H and O–H groups in total. The van der Waals surface area contributed by atoms with Crippen molar-refractivity contribution in [2.75, 3.05) is 36.4 Å². The summed E-state index contributed by atoms with van der Waals surface area (Å²) in [4.78, 5) is 28.6. The normalized spacial score (nSPS) is 14.7. The quantitative estimate of drug-likeness (QED) is 0.928. The predicted octanol–water partition coefficient (Wildman–Crippen LogP) is 1.59. The Labute approximate surface area is 135 Å². The van der Waals surface area contributed by atoms with Crippen molar-refractivity contribution in [1.82, 2.24) is 19.9 Å². The van der Waals surface area contributed by atoms with Gasteiger partial charge in [-0.3, -0.25) is 4.79 Å². The molecule has 1 saturated heterocycles. The number of carbonyl (C=O) groups excluding carboxylic acids is 1. The molecule has 0 unspecified atom stereocenters. The van der Waals surface area contributed by atoms with Crippen LogP contribution in [-0.4, -0.2) is 51.9 Å². The fourth-order valence-electron chi connectivity index (χ4n) is 2.60. The monoisotopic (exact) mass is 312 g/mol. The molecule has 0 atom stereocenters. The summed E-state index contributed by atoms with van der Waals surface area (Å²) < 4.78 is 0. The van der Waals surface area contributed by atoms with Crippen molar-refractivity contribution < 1.29 is 4.79 Å². The van der Waals surface area contributed by atoms with Gasteiger partial charge in [-0.25, -0.2) is 15.0 Å². The number of piperazine rings is 1. The molecule has 3 heterocycles. The zero-order chi connectivity index (χ0) is 16.2. The molecular formula is C16H20N6O. The lowest BCUT2D eigenvalue weighted by atomic mass is 10.3. The van der Waals surface area contributed by atoms with Gasteiger partial charge in [0.05, 0.1) is 0 Å². The molecule has 0 spiro atoms. The van der Waals surface area contributed by atoms with Gasteiger partial charge in [-0.05, 0) is 19.1 Å². The summed E-state index contributed by atoms with van der Waals surface area (Å²) in [6.45, 7) is 6.49. The summed E-state index contributed by atoms with van der Waals surface area (Å²) in [6, 6.07) is 7.61. The van der Waals surface area contributed by atoms with Gasteiger partial charge in [-0.15, -0.1) is 0 Å². The van der Waals surface area contributed by atoms with Crippen molar-refractivity contribution in [3.8, 4) is 0 Å². The smallest absolute Gasteiger partial charge is 0.219 e. The summed E-state index contributed by atoms with van der Waals surface area (Å²) >= 11 is 0. The molecule has 7 heteroatoms. The molecule has 0 aromatic carbocycles. The number of hydrogen-bond acceptors (Lipinski definition) is 6. The Morgan fingerprint density at radius 2 is 1.91 bits per heavy atom. The summed E-state index contributed by atoms with van der Waals surface area (Å²) in [7, 11) is 0. The van der Waals surface area contributed by atoms with Crippen LogP contribution in [0.3, 0.4) is 0 Å². The van der Waals surface area contributed by atoms with E-state index in [1.54, 1.807) is 13.1 Å². The summed E-state index contributed by atoms with van der Waals surface area (Å²) in [5, 5.41) is 3.20. The second-order valence-electron chi connectivity index (χ2n) is 5.49. The molecule has 0 aliphatic carbocycles. The van der Waals surface area contributed by atoms with Gasteiger partial charge in [-0.1, -0.05) is 6.07 Å². The number of nitrogens with one attached hydrogen (secondary N) is 1. The van der Waals surface area contributed by atoms with Crippen molar-refractivity contribution in [1.29, 1.82) is 0 Å². The van der Waals surface area contributed by atoms with Crippen molar-refractivity contribution in [3.05, 3.63) is 36.3 Å². The Bertz CT molecular complexity index is 682. The van der Waals surface area contributed by atoms with Crippen LogP contribution < -0.4 is 10.2 Å². The van der Waals surface area contributed by atoms with Gasteiger partial charge < -0.3 is 15.1 Å². The lowest BCUT2D eigenvalue weighted by Crippen LogP contribution is -2.48. The zero-order valence-electron chi connectivity index (χ0n) is 13.4. The van der Waals surface area contributed by atoms with E-state index in [-0.39, 0.29) is 5.91 Å². The fourth-order valence-corrected chi connectivity index (χ4v) is 2.60. The second kappa shape index (κ2) is 6.60. The van der Waals surface area contributed by atoms with E-state index in [2.05, 4.69) is 25.2 Å². The molecule has 7 nitrogen and oxygen atoms in total. The Balaban J connectivity index is 1.75. The standard InChI is InChI=1S/C16H20N6O/c1-12-18-15(20-14-5-3-4-6-17-14)11-16(19-12)22-9-7-21(8-10-22)13(2)23/h3-6,11H,7-10H2,1-2H3,(H,17,18,19,20). The number of carbonyl (C=O) groups is 1. The zero-order valence-corrected chi connectivity index (χ0v) is 13.4. The van der Waals surface area contributed by atoms with Gasteiger partial charge in [0.15, 0.2) is 0 Å². The van der Waals surface area contributed by atoms with E-state index < -0.39 is 0 Å². The van der Waals surface area contributed by atoms with Gasteiger partial charge in [0.2, 0.25) is 5.91 Å². The van der Waals surface area contributed by atoms with Crippen LogP contribution >= 0.6 is 0 Å². The van der Waals surface area contributed by atoms with Crippen LogP contribution in [0.2, 0.25) is 0 Å². The largest absolute Gasteiger partial charge is 0.353 e. The molecule has 0 bridgehead atoms. The lowest BCUT2D eigenvalue weighted by molar-refractivity contribution is -0.129. The minimum absolute atomic E-state index is 0.126. The first kappa shape index (κ1) is 15.2. The number of pyridine rings is 1. The highest BCUT2D eigenvalue weighted by Crippen LogP contribution is 2.20. The molecule has 1 aliphatic rings. The molecule has 2 aromatic heterocycles. The van der Waals surface area contributed by atoms with Crippen molar-refractivity contribution in [2.24, 2.45) is 0 Å². The first-order chi connectivity index (χ1) is 11.1. The number of anilines is 3. The average molecular weight is 312 g/mol. The molecule has 120 valence electrons. The average Bonchev–Trinajstić information content (AvgIpc) is 2.55. The summed E-state index contributed by atoms with van der Waals surface area (Å²) in [5.41, 5.74) is 0. The molecule has 3 rings (SSSR count). The van der Waals surface area contributed by atoms with Gasteiger partial charge in [0, 0.05) is 45.4 Å². The maximum atomic E-state index is 11.4. The van der Waals surface area contributed by atoms with E-state index in [0.717, 1.165) is 43.6 Å². The van der Waals surface area contributed by atoms with Gasteiger partial charge in [0.25, 0.3) is 0 Å². The Morgan fingerprint density at radius 3 is 2.57 bits per heavy atom. The van der Waals surface area contributed by atoms with E-state index >= 15 is 0 Å². The first-order valence-electron chi connectivity index (χ1n) is 7.66. The van der Waals surface area contributed by atoms with E-state index in [9.17, 15) is 4.79 Å². The van der Waals surface area contributed by atoms with E-state index in [1.165, 1.54) is 0 Å². The van der Waals surface area contributed by atoms with Crippen LogP contribution in [0.4, 0.5) is 17.5 Å². The topological polar surface area (TPSA) is 74.2 Å². The molecule has 23 heavy (non-hydrogen) atoms. The minimum Gasteiger partial charge on any atom is -0.353 e. The van der Waals surface area contributed by atoms with E-state index in [1.807, 2.05) is 36.1 Å².